The summed E-state index contributed by atoms with van der Waals surface area (Å²) >= 11 is 4.89. The van der Waals surface area contributed by atoms with Gasteiger partial charge in [-0.15, -0.1) is 0 Å². The zero-order chi connectivity index (χ0) is 14.1. The molecule has 0 fully saturated rings. The molecule has 0 saturated heterocycles. The van der Waals surface area contributed by atoms with Gasteiger partial charge >= 0.3 is 0 Å². The first-order valence-electron chi connectivity index (χ1n) is 6.68. The summed E-state index contributed by atoms with van der Waals surface area (Å²) in [4.78, 5) is 14.4. The average Bonchev–Trinajstić information content (AvgIpc) is 2.31. The molecule has 0 aromatic rings. The van der Waals surface area contributed by atoms with Gasteiger partial charge in [-0.1, -0.05) is 32.0 Å². The van der Waals surface area contributed by atoms with Crippen LogP contribution in [-0.2, 0) is 4.79 Å². The van der Waals surface area contributed by atoms with Gasteiger partial charge in [0, 0.05) is 19.0 Å². The molecule has 4 nitrogen and oxygen atoms in total. The molecule has 0 spiro atoms. The molecule has 0 radical (unpaired) electrons. The Morgan fingerprint density at radius 3 is 2.50 bits per heavy atom. The van der Waals surface area contributed by atoms with Crippen LogP contribution in [0.5, 0.6) is 0 Å². The molecule has 0 rings (SSSR count). The third-order valence-electron chi connectivity index (χ3n) is 3.26. The van der Waals surface area contributed by atoms with Crippen LogP contribution in [0.4, 0.5) is 0 Å². The number of nitrogens with one attached hydrogen (secondary N) is 1. The van der Waals surface area contributed by atoms with Crippen molar-refractivity contribution in [3.63, 3.8) is 0 Å². The first-order valence-corrected chi connectivity index (χ1v) is 7.08. The predicted molar refractivity (Wildman–Crippen MR) is 80.6 cm³/mol. The van der Waals surface area contributed by atoms with Crippen molar-refractivity contribution < 1.29 is 4.79 Å². The highest BCUT2D eigenvalue weighted by atomic mass is 32.1. The van der Waals surface area contributed by atoms with Gasteiger partial charge in [0.05, 0.1) is 11.0 Å². The molecule has 2 atom stereocenters. The molecule has 2 unspecified atom stereocenters. The first-order chi connectivity index (χ1) is 8.40. The van der Waals surface area contributed by atoms with Gasteiger partial charge in [-0.2, -0.15) is 0 Å². The van der Waals surface area contributed by atoms with Gasteiger partial charge in [0.2, 0.25) is 5.91 Å². The fourth-order valence-corrected chi connectivity index (χ4v) is 1.98. The number of carbonyl (C=O) groups is 1. The zero-order valence-corrected chi connectivity index (χ0v) is 12.8. The third-order valence-corrected chi connectivity index (χ3v) is 3.43. The lowest BCUT2D eigenvalue weighted by atomic mass is 10.1. The average molecular weight is 273 g/mol. The van der Waals surface area contributed by atoms with E-state index in [2.05, 4.69) is 12.2 Å². The maximum atomic E-state index is 11.9. The number of likely N-dealkylation sites (N-methyl/N-ethyl adjacent to an activating group) is 1. The second-order valence-corrected chi connectivity index (χ2v) is 5.38. The quantitative estimate of drug-likeness (QED) is 0.496. The second-order valence-electron chi connectivity index (χ2n) is 4.86. The molecule has 0 heterocycles. The minimum Gasteiger partial charge on any atom is -0.393 e. The lowest BCUT2D eigenvalue weighted by Crippen LogP contribution is -2.47. The molecule has 0 aliphatic heterocycles. The fraction of sp³-hybridized carbons (Fsp3) is 0.846. The zero-order valence-electron chi connectivity index (χ0n) is 12.0. The Balaban J connectivity index is 4.06. The SMILES string of the molecule is CCCCCNC(=O)C(C)N(C)C(C)CC(N)=S. The van der Waals surface area contributed by atoms with Gasteiger partial charge in [-0.25, -0.2) is 0 Å². The van der Waals surface area contributed by atoms with Crippen molar-refractivity contribution in [2.24, 2.45) is 5.73 Å². The van der Waals surface area contributed by atoms with Crippen molar-refractivity contribution >= 4 is 23.1 Å². The first kappa shape index (κ1) is 17.3. The van der Waals surface area contributed by atoms with Crippen molar-refractivity contribution in [1.82, 2.24) is 10.2 Å². The van der Waals surface area contributed by atoms with Crippen molar-refractivity contribution in [2.45, 2.75) is 58.5 Å². The van der Waals surface area contributed by atoms with E-state index >= 15 is 0 Å². The van der Waals surface area contributed by atoms with E-state index in [1.807, 2.05) is 25.8 Å². The van der Waals surface area contributed by atoms with E-state index in [1.165, 1.54) is 0 Å². The minimum atomic E-state index is -0.157. The van der Waals surface area contributed by atoms with Crippen LogP contribution in [0, 0.1) is 0 Å². The summed E-state index contributed by atoms with van der Waals surface area (Å²) in [5.74, 6) is 0.0726. The van der Waals surface area contributed by atoms with Crippen LogP contribution < -0.4 is 11.1 Å². The summed E-state index contributed by atoms with van der Waals surface area (Å²) in [5, 5.41) is 2.96. The van der Waals surface area contributed by atoms with Crippen molar-refractivity contribution in [1.29, 1.82) is 0 Å². The molecule has 1 amide bonds. The number of nitrogens with zero attached hydrogens (tertiary/aromatic N) is 1. The van der Waals surface area contributed by atoms with Gasteiger partial charge in [-0.3, -0.25) is 9.69 Å². The second kappa shape index (κ2) is 9.28. The topological polar surface area (TPSA) is 58.4 Å². The summed E-state index contributed by atoms with van der Waals surface area (Å²) in [6.45, 7) is 6.84. The van der Waals surface area contributed by atoms with E-state index in [0.29, 0.717) is 11.4 Å². The molecule has 0 aromatic carbocycles. The Kier molecular flexibility index (Phi) is 8.93. The van der Waals surface area contributed by atoms with Crippen molar-refractivity contribution in [2.75, 3.05) is 13.6 Å². The molecule has 18 heavy (non-hydrogen) atoms. The molecule has 3 N–H and O–H groups in total. The maximum Gasteiger partial charge on any atom is 0.237 e. The number of rotatable bonds is 9. The maximum absolute atomic E-state index is 11.9. The van der Waals surface area contributed by atoms with Gasteiger partial charge in [0.25, 0.3) is 0 Å². The van der Waals surface area contributed by atoms with Crippen LogP contribution >= 0.6 is 12.2 Å². The van der Waals surface area contributed by atoms with Crippen molar-refractivity contribution in [3.8, 4) is 0 Å². The molecular formula is C13H27N3OS. The molecule has 0 saturated carbocycles. The molecule has 106 valence electrons. The molecule has 0 bridgehead atoms. The lowest BCUT2D eigenvalue weighted by Gasteiger charge is -2.29. The molecule has 0 aromatic heterocycles. The lowest BCUT2D eigenvalue weighted by molar-refractivity contribution is -0.126. The number of thiocarbonyl (C=S) groups is 1. The van der Waals surface area contributed by atoms with E-state index in [4.69, 9.17) is 18.0 Å². The molecular weight excluding hydrogens is 246 g/mol. The number of nitrogens with two attached hydrogens (primary N) is 1. The molecule has 0 aliphatic carbocycles. The van der Waals surface area contributed by atoms with E-state index in [0.717, 1.165) is 25.8 Å². The van der Waals surface area contributed by atoms with Crippen LogP contribution in [0.25, 0.3) is 0 Å². The standard InChI is InChI=1S/C13H27N3OS/c1-5-6-7-8-15-13(17)11(3)16(4)10(2)9-12(14)18/h10-11H,5-9H2,1-4H3,(H2,14,18)(H,15,17). The van der Waals surface area contributed by atoms with Gasteiger partial charge in [0.1, 0.15) is 0 Å². The Hall–Kier alpha value is -0.680. The Morgan fingerprint density at radius 2 is 2.00 bits per heavy atom. The highest BCUT2D eigenvalue weighted by Crippen LogP contribution is 2.06. The predicted octanol–water partition coefficient (Wildman–Crippen LogP) is 1.68. The Morgan fingerprint density at radius 1 is 1.39 bits per heavy atom. The summed E-state index contributed by atoms with van der Waals surface area (Å²) < 4.78 is 0. The fourth-order valence-electron chi connectivity index (χ4n) is 1.74. The number of unbranched alkanes of at least 4 members (excludes halogenated alkanes) is 2. The number of amides is 1. The van der Waals surface area contributed by atoms with Crippen LogP contribution in [0.3, 0.4) is 0 Å². The highest BCUT2D eigenvalue weighted by Gasteiger charge is 2.22. The molecule has 5 heteroatoms. The number of hydrogen-bond donors (Lipinski definition) is 2. The van der Waals surface area contributed by atoms with E-state index in [1.54, 1.807) is 0 Å². The van der Waals surface area contributed by atoms with Crippen LogP contribution in [0.15, 0.2) is 0 Å². The van der Waals surface area contributed by atoms with E-state index in [9.17, 15) is 4.79 Å². The largest absolute Gasteiger partial charge is 0.393 e. The van der Waals surface area contributed by atoms with Crippen LogP contribution in [-0.4, -0.2) is 41.5 Å². The summed E-state index contributed by atoms with van der Waals surface area (Å²) in [6.07, 6.45) is 4.00. The minimum absolute atomic E-state index is 0.0726. The monoisotopic (exact) mass is 273 g/mol. The Labute approximate surface area is 116 Å². The summed E-state index contributed by atoms with van der Waals surface area (Å²) in [5.41, 5.74) is 5.53. The summed E-state index contributed by atoms with van der Waals surface area (Å²) in [7, 11) is 1.93. The highest BCUT2D eigenvalue weighted by molar-refractivity contribution is 7.80. The molecule has 0 aliphatic rings. The number of carbonyl (C=O) groups excluding carboxylic acids is 1. The Bertz CT molecular complexity index is 271. The van der Waals surface area contributed by atoms with Crippen molar-refractivity contribution in [3.05, 3.63) is 0 Å². The van der Waals surface area contributed by atoms with Gasteiger partial charge < -0.3 is 11.1 Å². The third kappa shape index (κ3) is 6.91. The summed E-state index contributed by atoms with van der Waals surface area (Å²) in [6, 6.07) is 0.0230. The number of hydrogen-bond acceptors (Lipinski definition) is 3. The van der Waals surface area contributed by atoms with Crippen LogP contribution in [0.2, 0.25) is 0 Å². The van der Waals surface area contributed by atoms with Gasteiger partial charge in [0.15, 0.2) is 0 Å². The van der Waals surface area contributed by atoms with E-state index in [-0.39, 0.29) is 18.0 Å². The van der Waals surface area contributed by atoms with E-state index < -0.39 is 0 Å². The van der Waals surface area contributed by atoms with Gasteiger partial charge in [-0.05, 0) is 27.3 Å². The normalized spacial score (nSPS) is 14.3. The smallest absolute Gasteiger partial charge is 0.237 e. The van der Waals surface area contributed by atoms with Crippen LogP contribution in [0.1, 0.15) is 46.5 Å².